The molecule has 0 aromatic rings. The van der Waals surface area contributed by atoms with Gasteiger partial charge in [-0.3, -0.25) is 4.74 Å². The molecule has 0 bridgehead atoms. The molecule has 0 spiro atoms. The van der Waals surface area contributed by atoms with Crippen molar-refractivity contribution in [3.05, 3.63) is 0 Å². The Morgan fingerprint density at radius 3 is 2.03 bits per heavy atom. The molecule has 3 unspecified atom stereocenters. The lowest BCUT2D eigenvalue weighted by Crippen LogP contribution is -2.54. The highest BCUT2D eigenvalue weighted by molar-refractivity contribution is 6.01. The van der Waals surface area contributed by atoms with Gasteiger partial charge in [-0.25, -0.2) is 19.2 Å². The second-order valence-corrected chi connectivity index (χ2v) is 9.45. The largest absolute Gasteiger partial charge is 0.462 e. The molecule has 0 aromatic heterocycles. The summed E-state index contributed by atoms with van der Waals surface area (Å²) in [7, 11) is 1.50. The summed E-state index contributed by atoms with van der Waals surface area (Å²) in [5, 5.41) is 13.4. The van der Waals surface area contributed by atoms with Crippen LogP contribution in [0.2, 0.25) is 0 Å². The van der Waals surface area contributed by atoms with Crippen LogP contribution in [0.5, 0.6) is 0 Å². The zero-order chi connectivity index (χ0) is 27.9. The lowest BCUT2D eigenvalue weighted by molar-refractivity contribution is -0.302. The average molecular weight is 522 g/mol. The molecule has 0 aliphatic rings. The number of ether oxygens (including phenoxy) is 7. The molecular formula is C24H41O12. The van der Waals surface area contributed by atoms with Crippen molar-refractivity contribution >= 4 is 23.9 Å². The highest BCUT2D eigenvalue weighted by Crippen LogP contribution is 2.20. The third kappa shape index (κ3) is 13.7. The van der Waals surface area contributed by atoms with E-state index in [-0.39, 0.29) is 19.1 Å². The number of rotatable bonds is 17. The van der Waals surface area contributed by atoms with Crippen molar-refractivity contribution < 1.29 is 57.4 Å². The van der Waals surface area contributed by atoms with E-state index in [9.17, 15) is 24.3 Å². The molecule has 3 atom stereocenters. The van der Waals surface area contributed by atoms with Gasteiger partial charge in [0.05, 0.1) is 19.3 Å². The summed E-state index contributed by atoms with van der Waals surface area (Å²) in [6.07, 6.45) is -1.76. The Labute approximate surface area is 212 Å². The molecule has 0 heterocycles. The van der Waals surface area contributed by atoms with Gasteiger partial charge in [-0.15, -0.1) is 0 Å². The van der Waals surface area contributed by atoms with Gasteiger partial charge in [0.2, 0.25) is 0 Å². The fourth-order valence-corrected chi connectivity index (χ4v) is 2.26. The molecule has 12 heteroatoms. The SMILES string of the molecule is CCC(C)OC(=O)C([O])(OC(OCC(=O)OC(C)(C)C)C(=O)OCC(C)C)C(=O)OCCCCOC. The zero-order valence-electron chi connectivity index (χ0n) is 22.6. The first-order valence-corrected chi connectivity index (χ1v) is 11.9. The van der Waals surface area contributed by atoms with Gasteiger partial charge in [-0.1, -0.05) is 20.8 Å². The van der Waals surface area contributed by atoms with Crippen molar-refractivity contribution in [2.24, 2.45) is 5.92 Å². The summed E-state index contributed by atoms with van der Waals surface area (Å²) in [4.78, 5) is 50.0. The van der Waals surface area contributed by atoms with Crippen LogP contribution in [0.25, 0.3) is 0 Å². The highest BCUT2D eigenvalue weighted by atomic mass is 16.8. The minimum atomic E-state index is -3.62. The van der Waals surface area contributed by atoms with E-state index in [1.54, 1.807) is 41.5 Å². The maximum absolute atomic E-state index is 13.4. The van der Waals surface area contributed by atoms with Crippen molar-refractivity contribution in [2.75, 3.05) is 33.5 Å². The summed E-state index contributed by atoms with van der Waals surface area (Å²) in [6, 6.07) is 0. The Hall–Kier alpha value is -2.28. The standard InChI is InChI=1S/C24H41O12/c1-9-17(4)34-22(28)24(29,21(27)31-13-11-10-12-30-8)36-20(19(26)32-14-16(2)3)33-15-18(25)35-23(5,6)7/h16-17,20H,9-15H2,1-8H3. The van der Waals surface area contributed by atoms with Crippen LogP contribution in [0.15, 0.2) is 0 Å². The Bertz CT molecular complexity index is 700. The zero-order valence-corrected chi connectivity index (χ0v) is 22.6. The van der Waals surface area contributed by atoms with Gasteiger partial charge >= 0.3 is 29.7 Å². The van der Waals surface area contributed by atoms with Crippen molar-refractivity contribution in [1.29, 1.82) is 0 Å². The molecule has 0 fully saturated rings. The molecule has 0 N–H and O–H groups in total. The summed E-state index contributed by atoms with van der Waals surface area (Å²) in [5.41, 5.74) is -0.857. The molecule has 0 aliphatic carbocycles. The first-order valence-electron chi connectivity index (χ1n) is 11.9. The van der Waals surface area contributed by atoms with E-state index in [1.807, 2.05) is 0 Å². The lowest BCUT2D eigenvalue weighted by atomic mass is 10.2. The summed E-state index contributed by atoms with van der Waals surface area (Å²) in [6.45, 7) is 10.8. The molecule has 36 heavy (non-hydrogen) atoms. The van der Waals surface area contributed by atoms with Crippen LogP contribution >= 0.6 is 0 Å². The second kappa shape index (κ2) is 16.5. The lowest BCUT2D eigenvalue weighted by Gasteiger charge is -2.27. The van der Waals surface area contributed by atoms with Crippen LogP contribution in [-0.2, 0) is 57.4 Å². The Balaban J connectivity index is 5.79. The number of esters is 4. The first-order chi connectivity index (χ1) is 16.7. The first kappa shape index (κ1) is 33.7. The number of carbonyl (C=O) groups excluding carboxylic acids is 4. The third-order valence-corrected chi connectivity index (χ3v) is 4.19. The Kier molecular flexibility index (Phi) is 15.4. The second-order valence-electron chi connectivity index (χ2n) is 9.45. The molecule has 0 aromatic carbocycles. The van der Waals surface area contributed by atoms with E-state index in [4.69, 9.17) is 33.2 Å². The van der Waals surface area contributed by atoms with Crippen LogP contribution in [0, 0.1) is 5.92 Å². The number of hydrogen-bond donors (Lipinski definition) is 0. The van der Waals surface area contributed by atoms with Crippen LogP contribution < -0.4 is 0 Å². The molecule has 0 rings (SSSR count). The molecular weight excluding hydrogens is 480 g/mol. The van der Waals surface area contributed by atoms with Crippen molar-refractivity contribution in [3.63, 3.8) is 0 Å². The van der Waals surface area contributed by atoms with Crippen molar-refractivity contribution in [2.45, 2.75) is 91.5 Å². The van der Waals surface area contributed by atoms with E-state index >= 15 is 0 Å². The van der Waals surface area contributed by atoms with Gasteiger partial charge in [-0.05, 0) is 52.9 Å². The van der Waals surface area contributed by atoms with E-state index in [1.165, 1.54) is 14.0 Å². The average Bonchev–Trinajstić information content (AvgIpc) is 2.78. The molecule has 0 saturated carbocycles. The fourth-order valence-electron chi connectivity index (χ4n) is 2.26. The number of hydrogen-bond acceptors (Lipinski definition) is 11. The molecule has 0 amide bonds. The summed E-state index contributed by atoms with van der Waals surface area (Å²) < 4.78 is 35.1. The van der Waals surface area contributed by atoms with Gasteiger partial charge in [0.1, 0.15) is 12.2 Å². The van der Waals surface area contributed by atoms with Crippen LogP contribution in [0.3, 0.4) is 0 Å². The van der Waals surface area contributed by atoms with E-state index < -0.39 is 54.3 Å². The topological polar surface area (TPSA) is 153 Å². The minimum absolute atomic E-state index is 0.0817. The molecule has 12 nitrogen and oxygen atoms in total. The van der Waals surface area contributed by atoms with Gasteiger partial charge in [-0.2, -0.15) is 5.11 Å². The quantitative estimate of drug-likeness (QED) is 0.0911. The van der Waals surface area contributed by atoms with Gasteiger partial charge in [0, 0.05) is 13.7 Å². The van der Waals surface area contributed by atoms with Crippen molar-refractivity contribution in [3.8, 4) is 0 Å². The fraction of sp³-hybridized carbons (Fsp3) is 0.833. The number of carbonyl (C=O) groups is 4. The number of methoxy groups -OCH3 is 1. The molecule has 209 valence electrons. The molecule has 1 radical (unpaired) electrons. The molecule has 0 aliphatic heterocycles. The van der Waals surface area contributed by atoms with Gasteiger partial charge < -0.3 is 28.4 Å². The monoisotopic (exact) mass is 521 g/mol. The predicted octanol–water partition coefficient (Wildman–Crippen LogP) is 2.32. The Morgan fingerprint density at radius 2 is 1.50 bits per heavy atom. The van der Waals surface area contributed by atoms with Crippen molar-refractivity contribution in [1.82, 2.24) is 0 Å². The number of unbranched alkanes of at least 4 members (excludes halogenated alkanes) is 1. The minimum Gasteiger partial charge on any atom is -0.462 e. The van der Waals surface area contributed by atoms with Gasteiger partial charge in [0.15, 0.2) is 0 Å². The van der Waals surface area contributed by atoms with Crippen LogP contribution in [-0.4, -0.2) is 81.2 Å². The summed E-state index contributed by atoms with van der Waals surface area (Å²) in [5.74, 6) is -9.08. The highest BCUT2D eigenvalue weighted by Gasteiger charge is 2.55. The normalized spacial score (nSPS) is 14.9. The smallest absolute Gasteiger partial charge is 0.400 e. The molecule has 0 saturated heterocycles. The van der Waals surface area contributed by atoms with Crippen LogP contribution in [0.4, 0.5) is 0 Å². The van der Waals surface area contributed by atoms with Gasteiger partial charge in [0.25, 0.3) is 6.29 Å². The third-order valence-electron chi connectivity index (χ3n) is 4.19. The predicted molar refractivity (Wildman–Crippen MR) is 124 cm³/mol. The van der Waals surface area contributed by atoms with E-state index in [0.29, 0.717) is 25.9 Å². The Morgan fingerprint density at radius 1 is 0.889 bits per heavy atom. The summed E-state index contributed by atoms with van der Waals surface area (Å²) >= 11 is 0. The van der Waals surface area contributed by atoms with Crippen LogP contribution in [0.1, 0.15) is 67.7 Å². The van der Waals surface area contributed by atoms with E-state index in [0.717, 1.165) is 0 Å². The maximum atomic E-state index is 13.4. The van der Waals surface area contributed by atoms with E-state index in [2.05, 4.69) is 0 Å². The maximum Gasteiger partial charge on any atom is 0.400 e.